The molecule has 2 aliphatic heterocycles. The molecule has 0 aliphatic carbocycles. The Hall–Kier alpha value is -2.09. The van der Waals surface area contributed by atoms with E-state index in [1.54, 1.807) is 11.0 Å². The maximum absolute atomic E-state index is 13.2. The summed E-state index contributed by atoms with van der Waals surface area (Å²) in [4.78, 5) is 16.0. The Labute approximate surface area is 158 Å². The van der Waals surface area contributed by atoms with E-state index in [0.717, 1.165) is 38.0 Å². The number of nitrogens with zero attached hydrogens (tertiary/aromatic N) is 2. The molecular weight excluding hydrogens is 354 g/mol. The number of alkyl halides is 1. The summed E-state index contributed by atoms with van der Waals surface area (Å²) in [5.41, 5.74) is 6.98. The number of rotatable bonds is 5. The van der Waals surface area contributed by atoms with E-state index in [-0.39, 0.29) is 24.0 Å². The minimum absolute atomic E-state index is 0.0887. The van der Waals surface area contributed by atoms with Crippen LogP contribution in [0.25, 0.3) is 0 Å². The number of nitrogen functional groups attached to an aromatic ring is 1. The fraction of sp³-hybridized carbons (Fsp3) is 0.632. The number of hydrogen-bond donors (Lipinski definition) is 2. The molecule has 6 nitrogen and oxygen atoms in total. The molecule has 8 heteroatoms. The van der Waals surface area contributed by atoms with E-state index in [9.17, 15) is 13.6 Å². The van der Waals surface area contributed by atoms with Gasteiger partial charge in [-0.1, -0.05) is 0 Å². The van der Waals surface area contributed by atoms with Crippen molar-refractivity contribution in [2.75, 3.05) is 50.5 Å². The van der Waals surface area contributed by atoms with Crippen molar-refractivity contribution < 1.29 is 18.3 Å². The summed E-state index contributed by atoms with van der Waals surface area (Å²) in [5, 5.41) is 3.41. The van der Waals surface area contributed by atoms with Crippen LogP contribution in [0.5, 0.6) is 0 Å². The van der Waals surface area contributed by atoms with Crippen molar-refractivity contribution in [3.05, 3.63) is 24.0 Å². The second-order valence-corrected chi connectivity index (χ2v) is 7.61. The molecule has 3 rings (SSSR count). The van der Waals surface area contributed by atoms with Gasteiger partial charge < -0.3 is 20.7 Å². The number of hydrogen-bond acceptors (Lipinski definition) is 5. The number of halogens is 2. The largest absolute Gasteiger partial charge is 0.447 e. The first-order chi connectivity index (χ1) is 12.9. The molecule has 150 valence electrons. The highest BCUT2D eigenvalue weighted by atomic mass is 19.1. The maximum atomic E-state index is 13.2. The van der Waals surface area contributed by atoms with Crippen LogP contribution in [-0.4, -0.2) is 66.9 Å². The van der Waals surface area contributed by atoms with Crippen LogP contribution >= 0.6 is 0 Å². The van der Waals surface area contributed by atoms with Gasteiger partial charge in [0.1, 0.15) is 19.1 Å². The first-order valence-electron chi connectivity index (χ1n) is 9.45. The van der Waals surface area contributed by atoms with Gasteiger partial charge in [-0.25, -0.2) is 13.6 Å². The van der Waals surface area contributed by atoms with E-state index in [0.29, 0.717) is 18.8 Å². The minimum atomic E-state index is -0.657. The average molecular weight is 382 g/mol. The normalized spacial score (nSPS) is 24.2. The van der Waals surface area contributed by atoms with Gasteiger partial charge in [0.05, 0.1) is 11.4 Å². The van der Waals surface area contributed by atoms with Gasteiger partial charge in [0.15, 0.2) is 0 Å². The molecule has 2 heterocycles. The van der Waals surface area contributed by atoms with Gasteiger partial charge in [0.25, 0.3) is 0 Å². The third-order valence-corrected chi connectivity index (χ3v) is 5.64. The molecule has 0 aromatic heterocycles. The number of benzene rings is 1. The molecule has 1 amide bonds. The number of carbonyl (C=O) groups excluding carboxylic acids is 1. The molecular formula is C19H28F2N4O2. The van der Waals surface area contributed by atoms with E-state index >= 15 is 0 Å². The Bertz CT molecular complexity index is 667. The number of ether oxygens (including phenoxy) is 1. The smallest absolute Gasteiger partial charge is 0.409 e. The number of nitrogens with two attached hydrogens (primary N) is 1. The van der Waals surface area contributed by atoms with Gasteiger partial charge >= 0.3 is 6.09 Å². The second-order valence-electron chi connectivity index (χ2n) is 7.61. The van der Waals surface area contributed by atoms with E-state index in [4.69, 9.17) is 10.5 Å². The van der Waals surface area contributed by atoms with Crippen LogP contribution in [0.4, 0.5) is 25.0 Å². The molecule has 1 unspecified atom stereocenters. The third kappa shape index (κ3) is 4.61. The SMILES string of the molecule is CC1(N2CCC(Nc3ccc(F)cc3N)CC2)CCN(C(=O)OCCF)C1. The highest BCUT2D eigenvalue weighted by Crippen LogP contribution is 2.32. The van der Waals surface area contributed by atoms with Gasteiger partial charge in [-0.3, -0.25) is 4.90 Å². The molecule has 2 aliphatic rings. The van der Waals surface area contributed by atoms with Gasteiger partial charge in [0, 0.05) is 37.8 Å². The molecule has 0 spiro atoms. The van der Waals surface area contributed by atoms with Crippen molar-refractivity contribution in [3.8, 4) is 0 Å². The Morgan fingerprint density at radius 3 is 2.78 bits per heavy atom. The molecule has 2 fully saturated rings. The Kier molecular flexibility index (Phi) is 6.04. The Balaban J connectivity index is 1.50. The molecule has 0 bridgehead atoms. The fourth-order valence-corrected chi connectivity index (χ4v) is 4.02. The Morgan fingerprint density at radius 2 is 2.11 bits per heavy atom. The molecule has 1 aromatic rings. The summed E-state index contributed by atoms with van der Waals surface area (Å²) < 4.78 is 30.3. The van der Waals surface area contributed by atoms with Crippen LogP contribution in [0.2, 0.25) is 0 Å². The molecule has 3 N–H and O–H groups in total. The molecule has 0 saturated carbocycles. The lowest BCUT2D eigenvalue weighted by Crippen LogP contribution is -2.53. The summed E-state index contributed by atoms with van der Waals surface area (Å²) in [6.07, 6.45) is 2.33. The van der Waals surface area contributed by atoms with E-state index in [1.165, 1.54) is 12.1 Å². The second kappa shape index (κ2) is 8.29. The Morgan fingerprint density at radius 1 is 1.37 bits per heavy atom. The molecule has 2 saturated heterocycles. The van der Waals surface area contributed by atoms with Crippen molar-refractivity contribution in [1.29, 1.82) is 0 Å². The van der Waals surface area contributed by atoms with E-state index < -0.39 is 12.8 Å². The van der Waals surface area contributed by atoms with E-state index in [2.05, 4.69) is 17.1 Å². The standard InChI is InChI=1S/C19H28F2N4O2/c1-19(6-10-24(13-19)18(26)27-11-7-20)25-8-4-15(5-9-25)23-17-3-2-14(21)12-16(17)22/h2-3,12,15,23H,4-11,13,22H2,1H3. The number of nitrogens with one attached hydrogen (secondary N) is 1. The first-order valence-corrected chi connectivity index (χ1v) is 9.45. The molecule has 1 aromatic carbocycles. The van der Waals surface area contributed by atoms with Crippen LogP contribution in [-0.2, 0) is 4.74 Å². The van der Waals surface area contributed by atoms with Crippen LogP contribution in [0, 0.1) is 5.82 Å². The summed E-state index contributed by atoms with van der Waals surface area (Å²) in [7, 11) is 0. The van der Waals surface area contributed by atoms with Crippen LogP contribution in [0.15, 0.2) is 18.2 Å². The number of piperidine rings is 1. The summed E-state index contributed by atoms with van der Waals surface area (Å²) >= 11 is 0. The highest BCUT2D eigenvalue weighted by Gasteiger charge is 2.42. The van der Waals surface area contributed by atoms with Crippen molar-refractivity contribution in [1.82, 2.24) is 9.80 Å². The minimum Gasteiger partial charge on any atom is -0.447 e. The lowest BCUT2D eigenvalue weighted by Gasteiger charge is -2.43. The van der Waals surface area contributed by atoms with Crippen LogP contribution in [0.3, 0.4) is 0 Å². The molecule has 0 radical (unpaired) electrons. The topological polar surface area (TPSA) is 70.8 Å². The zero-order chi connectivity index (χ0) is 19.4. The van der Waals surface area contributed by atoms with Gasteiger partial charge in [-0.15, -0.1) is 0 Å². The monoisotopic (exact) mass is 382 g/mol. The summed E-state index contributed by atoms with van der Waals surface area (Å²) in [6, 6.07) is 4.69. The van der Waals surface area contributed by atoms with Gasteiger partial charge in [0.2, 0.25) is 0 Å². The van der Waals surface area contributed by atoms with Crippen molar-refractivity contribution in [2.45, 2.75) is 37.8 Å². The zero-order valence-corrected chi connectivity index (χ0v) is 15.7. The summed E-state index contributed by atoms with van der Waals surface area (Å²) in [5.74, 6) is -0.336. The quantitative estimate of drug-likeness (QED) is 0.767. The van der Waals surface area contributed by atoms with Crippen LogP contribution in [0.1, 0.15) is 26.2 Å². The van der Waals surface area contributed by atoms with Gasteiger partial charge in [-0.05, 0) is 44.4 Å². The fourth-order valence-electron chi connectivity index (χ4n) is 4.02. The molecule has 1 atom stereocenters. The lowest BCUT2D eigenvalue weighted by atomic mass is 9.94. The van der Waals surface area contributed by atoms with Gasteiger partial charge in [-0.2, -0.15) is 0 Å². The predicted octanol–water partition coefficient (Wildman–Crippen LogP) is 2.85. The highest BCUT2D eigenvalue weighted by molar-refractivity contribution is 5.68. The number of amides is 1. The average Bonchev–Trinajstić information content (AvgIpc) is 3.06. The van der Waals surface area contributed by atoms with Crippen LogP contribution < -0.4 is 11.1 Å². The zero-order valence-electron chi connectivity index (χ0n) is 15.7. The van der Waals surface area contributed by atoms with Crippen molar-refractivity contribution in [3.63, 3.8) is 0 Å². The molecule has 27 heavy (non-hydrogen) atoms. The third-order valence-electron chi connectivity index (χ3n) is 5.64. The lowest BCUT2D eigenvalue weighted by molar-refractivity contribution is 0.0711. The van der Waals surface area contributed by atoms with E-state index in [1.807, 2.05) is 0 Å². The van der Waals surface area contributed by atoms with Crippen molar-refractivity contribution in [2.24, 2.45) is 0 Å². The predicted molar refractivity (Wildman–Crippen MR) is 101 cm³/mol. The summed E-state index contributed by atoms with van der Waals surface area (Å²) in [6.45, 7) is 4.37. The number of anilines is 2. The van der Waals surface area contributed by atoms with Crippen molar-refractivity contribution >= 4 is 17.5 Å². The number of likely N-dealkylation sites (tertiary alicyclic amines) is 2. The number of carbonyl (C=O) groups is 1. The first kappa shape index (κ1) is 19.7. The maximum Gasteiger partial charge on any atom is 0.409 e.